The molecule has 1 aromatic rings. The zero-order valence-corrected chi connectivity index (χ0v) is 7.31. The van der Waals surface area contributed by atoms with E-state index < -0.39 is 6.17 Å². The van der Waals surface area contributed by atoms with E-state index in [-0.39, 0.29) is 4.99 Å². The molecule has 1 rings (SSSR count). The number of rotatable bonds is 2. The number of hydrogen-bond donors (Lipinski definition) is 1. The molecule has 3 nitrogen and oxygen atoms in total. The van der Waals surface area contributed by atoms with Crippen molar-refractivity contribution in [2.24, 2.45) is 0 Å². The number of hydrogen-bond acceptors (Lipinski definition) is 3. The molecule has 1 aromatic heterocycles. The molecule has 0 aromatic carbocycles. The molecular weight excluding hydrogens is 177 g/mol. The van der Waals surface area contributed by atoms with Gasteiger partial charge in [0, 0.05) is 6.20 Å². The maximum absolute atomic E-state index is 12.5. The van der Waals surface area contributed by atoms with Crippen LogP contribution in [0, 0.1) is 0 Å². The Hall–Kier alpha value is -1.10. The van der Waals surface area contributed by atoms with Crippen LogP contribution in [-0.4, -0.2) is 21.1 Å². The Morgan fingerprint density at radius 2 is 2.50 bits per heavy atom. The van der Waals surface area contributed by atoms with Crippen LogP contribution in [0.2, 0.25) is 0 Å². The van der Waals surface area contributed by atoms with Gasteiger partial charge < -0.3 is 5.32 Å². The van der Waals surface area contributed by atoms with Gasteiger partial charge in [-0.05, 0) is 13.0 Å². The van der Waals surface area contributed by atoms with Crippen molar-refractivity contribution in [2.75, 3.05) is 5.32 Å². The number of alkyl halides is 1. The number of halogens is 1. The van der Waals surface area contributed by atoms with Crippen LogP contribution in [0.25, 0.3) is 0 Å². The SMILES string of the molecule is CC(F)C(=S)Nc1ccncn1. The summed E-state index contributed by atoms with van der Waals surface area (Å²) in [5, 5.41) is 2.65. The molecule has 0 amide bonds. The molecule has 1 atom stereocenters. The van der Waals surface area contributed by atoms with Gasteiger partial charge >= 0.3 is 0 Å². The fourth-order valence-electron chi connectivity index (χ4n) is 0.590. The smallest absolute Gasteiger partial charge is 0.147 e. The van der Waals surface area contributed by atoms with Crippen molar-refractivity contribution < 1.29 is 4.39 Å². The molecular formula is C7H8FN3S. The van der Waals surface area contributed by atoms with Crippen LogP contribution in [0.4, 0.5) is 10.2 Å². The van der Waals surface area contributed by atoms with Crippen molar-refractivity contribution in [2.45, 2.75) is 13.1 Å². The van der Waals surface area contributed by atoms with Crippen LogP contribution in [0.5, 0.6) is 0 Å². The Morgan fingerprint density at radius 1 is 1.75 bits per heavy atom. The second kappa shape index (κ2) is 4.06. The fraction of sp³-hybridized carbons (Fsp3) is 0.286. The normalized spacial score (nSPS) is 12.2. The third kappa shape index (κ3) is 2.50. The van der Waals surface area contributed by atoms with Crippen molar-refractivity contribution in [3.05, 3.63) is 18.6 Å². The van der Waals surface area contributed by atoms with Crippen LogP contribution in [0.15, 0.2) is 18.6 Å². The molecule has 0 fully saturated rings. The molecule has 64 valence electrons. The Morgan fingerprint density at radius 3 is 3.00 bits per heavy atom. The molecule has 0 aliphatic carbocycles. The van der Waals surface area contributed by atoms with Gasteiger partial charge in [-0.15, -0.1) is 0 Å². The zero-order chi connectivity index (χ0) is 8.97. The van der Waals surface area contributed by atoms with Crippen molar-refractivity contribution in [1.82, 2.24) is 9.97 Å². The van der Waals surface area contributed by atoms with Gasteiger partial charge in [-0.3, -0.25) is 0 Å². The Balaban J connectivity index is 2.59. The summed E-state index contributed by atoms with van der Waals surface area (Å²) in [6.45, 7) is 1.37. The van der Waals surface area contributed by atoms with Crippen molar-refractivity contribution >= 4 is 23.0 Å². The predicted octanol–water partition coefficient (Wildman–Crippen LogP) is 1.57. The number of nitrogens with one attached hydrogen (secondary N) is 1. The second-order valence-corrected chi connectivity index (χ2v) is 2.64. The maximum atomic E-state index is 12.5. The summed E-state index contributed by atoms with van der Waals surface area (Å²) in [6, 6.07) is 1.62. The van der Waals surface area contributed by atoms with Crippen LogP contribution < -0.4 is 5.32 Å². The first-order valence-electron chi connectivity index (χ1n) is 3.41. The van der Waals surface area contributed by atoms with E-state index in [1.807, 2.05) is 0 Å². The van der Waals surface area contributed by atoms with Crippen molar-refractivity contribution in [3.8, 4) is 0 Å². The van der Waals surface area contributed by atoms with Crippen LogP contribution in [0.3, 0.4) is 0 Å². The first-order valence-corrected chi connectivity index (χ1v) is 3.82. The summed E-state index contributed by atoms with van der Waals surface area (Å²) < 4.78 is 12.5. The standard InChI is InChI=1S/C7H8FN3S/c1-5(8)7(12)11-6-2-3-9-4-10-6/h2-5H,1H3,(H,9,10,11,12). The molecule has 1 unspecified atom stereocenters. The van der Waals surface area contributed by atoms with Gasteiger partial charge in [0.25, 0.3) is 0 Å². The summed E-state index contributed by atoms with van der Waals surface area (Å²) in [5.74, 6) is 0.513. The highest BCUT2D eigenvalue weighted by Crippen LogP contribution is 2.01. The largest absolute Gasteiger partial charge is 0.332 e. The lowest BCUT2D eigenvalue weighted by Crippen LogP contribution is -2.19. The molecule has 1 heterocycles. The molecule has 0 aliphatic heterocycles. The first-order chi connectivity index (χ1) is 5.70. The lowest BCUT2D eigenvalue weighted by molar-refractivity contribution is 0.458. The highest BCUT2D eigenvalue weighted by Gasteiger charge is 2.05. The van der Waals surface area contributed by atoms with Crippen LogP contribution >= 0.6 is 12.2 Å². The van der Waals surface area contributed by atoms with E-state index in [2.05, 4.69) is 15.3 Å². The summed E-state index contributed by atoms with van der Waals surface area (Å²) in [5.41, 5.74) is 0. The second-order valence-electron chi connectivity index (χ2n) is 2.20. The average Bonchev–Trinajstić information content (AvgIpc) is 2.06. The highest BCUT2D eigenvalue weighted by molar-refractivity contribution is 7.80. The molecule has 0 spiro atoms. The molecule has 12 heavy (non-hydrogen) atoms. The van der Waals surface area contributed by atoms with Gasteiger partial charge in [0.1, 0.15) is 23.3 Å². The average molecular weight is 185 g/mol. The van der Waals surface area contributed by atoms with Crippen LogP contribution in [0.1, 0.15) is 6.92 Å². The summed E-state index contributed by atoms with van der Waals surface area (Å²) in [7, 11) is 0. The number of anilines is 1. The number of thiocarbonyl (C=S) groups is 1. The predicted molar refractivity (Wildman–Crippen MR) is 48.8 cm³/mol. The lowest BCUT2D eigenvalue weighted by Gasteiger charge is -2.06. The Kier molecular flexibility index (Phi) is 3.04. The topological polar surface area (TPSA) is 37.8 Å². The van der Waals surface area contributed by atoms with E-state index in [9.17, 15) is 4.39 Å². The van der Waals surface area contributed by atoms with E-state index in [0.29, 0.717) is 5.82 Å². The Labute approximate surface area is 75.0 Å². The monoisotopic (exact) mass is 185 g/mol. The highest BCUT2D eigenvalue weighted by atomic mass is 32.1. The molecule has 0 saturated carbocycles. The summed E-state index contributed by atoms with van der Waals surface area (Å²) in [6.07, 6.45) is 1.77. The van der Waals surface area contributed by atoms with Gasteiger partial charge in [0.05, 0.1) is 0 Å². The van der Waals surface area contributed by atoms with E-state index >= 15 is 0 Å². The third-order valence-electron chi connectivity index (χ3n) is 1.19. The summed E-state index contributed by atoms with van der Waals surface area (Å²) in [4.78, 5) is 7.67. The van der Waals surface area contributed by atoms with Gasteiger partial charge in [-0.25, -0.2) is 14.4 Å². The van der Waals surface area contributed by atoms with Gasteiger partial charge in [0.15, 0.2) is 0 Å². The number of nitrogens with zero attached hydrogens (tertiary/aromatic N) is 2. The van der Waals surface area contributed by atoms with Gasteiger partial charge in [0.2, 0.25) is 0 Å². The quantitative estimate of drug-likeness (QED) is 0.710. The minimum atomic E-state index is -1.16. The van der Waals surface area contributed by atoms with E-state index in [4.69, 9.17) is 12.2 Å². The molecule has 1 N–H and O–H groups in total. The lowest BCUT2D eigenvalue weighted by atomic mass is 10.4. The van der Waals surface area contributed by atoms with Crippen molar-refractivity contribution in [3.63, 3.8) is 0 Å². The van der Waals surface area contributed by atoms with Gasteiger partial charge in [-0.1, -0.05) is 12.2 Å². The maximum Gasteiger partial charge on any atom is 0.147 e. The Bertz CT molecular complexity index is 263. The summed E-state index contributed by atoms with van der Waals surface area (Å²) >= 11 is 4.71. The fourth-order valence-corrected chi connectivity index (χ4v) is 0.695. The zero-order valence-electron chi connectivity index (χ0n) is 6.49. The van der Waals surface area contributed by atoms with Crippen molar-refractivity contribution in [1.29, 1.82) is 0 Å². The molecule has 0 bridgehead atoms. The van der Waals surface area contributed by atoms with Crippen LogP contribution in [-0.2, 0) is 0 Å². The number of aromatic nitrogens is 2. The molecule has 0 radical (unpaired) electrons. The minimum Gasteiger partial charge on any atom is -0.332 e. The van der Waals surface area contributed by atoms with E-state index in [1.54, 1.807) is 12.3 Å². The van der Waals surface area contributed by atoms with Gasteiger partial charge in [-0.2, -0.15) is 0 Å². The van der Waals surface area contributed by atoms with E-state index in [1.165, 1.54) is 13.3 Å². The molecule has 5 heteroatoms. The molecule has 0 saturated heterocycles. The van der Waals surface area contributed by atoms with E-state index in [0.717, 1.165) is 0 Å². The third-order valence-corrected chi connectivity index (χ3v) is 1.62. The first kappa shape index (κ1) is 8.99. The molecule has 0 aliphatic rings. The minimum absolute atomic E-state index is 0.133.